The van der Waals surface area contributed by atoms with Crippen LogP contribution in [0.4, 0.5) is 5.69 Å². The molecule has 1 aromatic carbocycles. The minimum absolute atomic E-state index is 0. The number of Topliss-reactive ketones (excluding diaryl/α,β-unsaturated/α-hetero) is 1. The van der Waals surface area contributed by atoms with Gasteiger partial charge < -0.3 is 4.55 Å². The van der Waals surface area contributed by atoms with Gasteiger partial charge in [0.15, 0.2) is 0 Å². The van der Waals surface area contributed by atoms with Crippen molar-refractivity contribution >= 4 is 27.3 Å². The first-order chi connectivity index (χ1) is 8.61. The number of nitrogens with zero attached hydrogens (tertiary/aromatic N) is 1. The zero-order valence-electron chi connectivity index (χ0n) is 12.4. The fourth-order valence-electron chi connectivity index (χ4n) is 1.83. The van der Waals surface area contributed by atoms with E-state index in [0.717, 1.165) is 0 Å². The smallest absolute Gasteiger partial charge is 0.744 e. The molecule has 0 heterocycles. The summed E-state index contributed by atoms with van der Waals surface area (Å²) in [5, 5.41) is 0. The number of aryl methyl sites for hydroxylation is 2. The van der Waals surface area contributed by atoms with E-state index < -0.39 is 10.1 Å². The molecule has 0 aliphatic heterocycles. The number of aliphatic imine (C=N–C) groups is 1. The molecule has 0 unspecified atom stereocenters. The van der Waals surface area contributed by atoms with Gasteiger partial charge in [-0.1, -0.05) is 0 Å². The number of hydrogen-bond acceptors (Lipinski definition) is 5. The van der Waals surface area contributed by atoms with Gasteiger partial charge in [0.1, 0.15) is 15.9 Å². The first kappa shape index (κ1) is 19.5. The Hall–Kier alpha value is -0.530. The van der Waals surface area contributed by atoms with E-state index in [4.69, 9.17) is 0 Å². The molecule has 0 aromatic heterocycles. The van der Waals surface area contributed by atoms with Crippen LogP contribution in [0.25, 0.3) is 0 Å². The van der Waals surface area contributed by atoms with Crippen molar-refractivity contribution in [3.63, 3.8) is 0 Å². The van der Waals surface area contributed by atoms with E-state index in [1.165, 1.54) is 19.1 Å². The predicted molar refractivity (Wildman–Crippen MR) is 71.9 cm³/mol. The molecule has 0 radical (unpaired) electrons. The average Bonchev–Trinajstić information content (AvgIpc) is 2.20. The Morgan fingerprint density at radius 3 is 2.00 bits per heavy atom. The molecule has 1 aromatic rings. The van der Waals surface area contributed by atoms with Crippen molar-refractivity contribution in [2.45, 2.75) is 39.0 Å². The van der Waals surface area contributed by atoms with Crippen LogP contribution in [-0.2, 0) is 14.9 Å². The van der Waals surface area contributed by atoms with Gasteiger partial charge in [-0.15, -0.1) is 0 Å². The summed E-state index contributed by atoms with van der Waals surface area (Å²) in [6.45, 7) is 6.58. The van der Waals surface area contributed by atoms with Crippen molar-refractivity contribution in [3.05, 3.63) is 23.3 Å². The number of rotatable bonds is 4. The minimum atomic E-state index is -4.46. The summed E-state index contributed by atoms with van der Waals surface area (Å²) in [5.41, 5.74) is 2.44. The first-order valence-electron chi connectivity index (χ1n) is 5.72. The number of benzene rings is 1. The van der Waals surface area contributed by atoms with Crippen molar-refractivity contribution in [2.24, 2.45) is 4.99 Å². The summed E-state index contributed by atoms with van der Waals surface area (Å²) in [5.74, 6) is 0.00955. The number of carbonyl (C=O) groups is 1. The van der Waals surface area contributed by atoms with E-state index in [1.54, 1.807) is 20.8 Å². The zero-order valence-corrected chi connectivity index (χ0v) is 15.2. The van der Waals surface area contributed by atoms with Gasteiger partial charge in [0.2, 0.25) is 0 Å². The molecule has 7 heteroatoms. The van der Waals surface area contributed by atoms with Gasteiger partial charge in [-0.2, -0.15) is 0 Å². The molecule has 1 rings (SSSR count). The van der Waals surface area contributed by atoms with E-state index in [2.05, 4.69) is 4.99 Å². The molecule has 0 spiro atoms. The summed E-state index contributed by atoms with van der Waals surface area (Å²) in [4.78, 5) is 15.1. The zero-order chi connectivity index (χ0) is 14.8. The second-order valence-corrected chi connectivity index (χ2v) is 5.97. The molecule has 0 saturated carbocycles. The molecule has 0 bridgehead atoms. The number of carbonyl (C=O) groups excluding carboxylic acids is 1. The topological polar surface area (TPSA) is 86.6 Å². The normalized spacial score (nSPS) is 11.9. The molecule has 0 saturated heterocycles. The Morgan fingerprint density at radius 1 is 1.20 bits per heavy atom. The fourth-order valence-corrected chi connectivity index (χ4v) is 2.47. The van der Waals surface area contributed by atoms with Crippen molar-refractivity contribution < 1.29 is 47.3 Å². The van der Waals surface area contributed by atoms with Crippen LogP contribution in [0.3, 0.4) is 0 Å². The maximum absolute atomic E-state index is 11.0. The third-order valence-corrected chi connectivity index (χ3v) is 3.37. The molecule has 0 atom stereocenters. The van der Waals surface area contributed by atoms with Crippen molar-refractivity contribution in [2.75, 3.05) is 0 Å². The second-order valence-electron chi connectivity index (χ2n) is 4.59. The van der Waals surface area contributed by atoms with Crippen molar-refractivity contribution in [3.8, 4) is 0 Å². The average molecular weight is 305 g/mol. The molecule has 20 heavy (non-hydrogen) atoms. The van der Waals surface area contributed by atoms with Crippen LogP contribution >= 0.6 is 0 Å². The monoisotopic (exact) mass is 305 g/mol. The third-order valence-electron chi connectivity index (χ3n) is 2.56. The minimum Gasteiger partial charge on any atom is -0.744 e. The third kappa shape index (κ3) is 5.46. The van der Waals surface area contributed by atoms with Crippen LogP contribution in [0, 0.1) is 13.8 Å². The SMILES string of the molecule is CC(=O)CC(C)=Nc1c(C)cc(S(=O)(=O)[O-])cc1C.[Na+]. The Balaban J connectivity index is 0.00000361. The summed E-state index contributed by atoms with van der Waals surface area (Å²) in [7, 11) is -4.46. The molecule has 104 valence electrons. The quantitative estimate of drug-likeness (QED) is 0.417. The van der Waals surface area contributed by atoms with Crippen LogP contribution in [0.5, 0.6) is 0 Å². The van der Waals surface area contributed by atoms with Gasteiger partial charge in [-0.3, -0.25) is 9.79 Å². The Bertz CT molecular complexity index is 627. The largest absolute Gasteiger partial charge is 1.00 e. The predicted octanol–water partition coefficient (Wildman–Crippen LogP) is -0.717. The van der Waals surface area contributed by atoms with Crippen LogP contribution in [0.2, 0.25) is 0 Å². The summed E-state index contributed by atoms with van der Waals surface area (Å²) in [6, 6.07) is 2.60. The van der Waals surface area contributed by atoms with Gasteiger partial charge in [0, 0.05) is 12.1 Å². The van der Waals surface area contributed by atoms with Gasteiger partial charge in [-0.25, -0.2) is 8.42 Å². The molecule has 0 aliphatic carbocycles. The molecule has 5 nitrogen and oxygen atoms in total. The summed E-state index contributed by atoms with van der Waals surface area (Å²) < 4.78 is 32.9. The van der Waals surface area contributed by atoms with E-state index in [-0.39, 0.29) is 46.7 Å². The van der Waals surface area contributed by atoms with Crippen molar-refractivity contribution in [1.29, 1.82) is 0 Å². The Morgan fingerprint density at radius 2 is 1.65 bits per heavy atom. The van der Waals surface area contributed by atoms with Gasteiger partial charge in [-0.05, 0) is 51.0 Å². The van der Waals surface area contributed by atoms with E-state index in [1.807, 2.05) is 0 Å². The molecule has 0 aliphatic rings. The number of ketones is 1. The van der Waals surface area contributed by atoms with Crippen LogP contribution in [0.15, 0.2) is 22.0 Å². The standard InChI is InChI=1S/C13H17NO4S.Na/c1-8-5-12(19(16,17)18)6-9(2)13(8)14-10(3)7-11(4)15;/h5-6H,7H2,1-4H3,(H,16,17,18);/q;+1/p-1. The summed E-state index contributed by atoms with van der Waals surface area (Å²) >= 11 is 0. The molecule has 0 fully saturated rings. The van der Waals surface area contributed by atoms with E-state index in [0.29, 0.717) is 22.5 Å². The second kappa shape index (κ2) is 7.47. The first-order valence-corrected chi connectivity index (χ1v) is 7.13. The summed E-state index contributed by atoms with van der Waals surface area (Å²) in [6.07, 6.45) is 0.250. The molecular weight excluding hydrogens is 289 g/mol. The van der Waals surface area contributed by atoms with Crippen LogP contribution in [0.1, 0.15) is 31.4 Å². The Labute approximate surface area is 141 Å². The van der Waals surface area contributed by atoms with Crippen molar-refractivity contribution in [1.82, 2.24) is 0 Å². The maximum atomic E-state index is 11.0. The Kier molecular flexibility index (Phi) is 7.27. The van der Waals surface area contributed by atoms with Crippen LogP contribution < -0.4 is 29.6 Å². The van der Waals surface area contributed by atoms with E-state index >= 15 is 0 Å². The maximum Gasteiger partial charge on any atom is 1.00 e. The number of hydrogen-bond donors (Lipinski definition) is 0. The van der Waals surface area contributed by atoms with Gasteiger partial charge in [0.25, 0.3) is 0 Å². The van der Waals surface area contributed by atoms with Gasteiger partial charge in [0.05, 0.1) is 10.6 Å². The van der Waals surface area contributed by atoms with Gasteiger partial charge >= 0.3 is 29.6 Å². The molecule has 0 N–H and O–H groups in total. The molecular formula is C13H16NNaO4S. The fraction of sp³-hybridized carbons (Fsp3) is 0.385. The molecule has 0 amide bonds. The van der Waals surface area contributed by atoms with E-state index in [9.17, 15) is 17.8 Å². The van der Waals surface area contributed by atoms with Crippen LogP contribution in [-0.4, -0.2) is 24.5 Å².